The van der Waals surface area contributed by atoms with Crippen LogP contribution in [0.15, 0.2) is 48.5 Å². The Balaban J connectivity index is 2.14. The fourth-order valence-electron chi connectivity index (χ4n) is 3.01. The van der Waals surface area contributed by atoms with Gasteiger partial charge in [-0.2, -0.15) is 0 Å². The van der Waals surface area contributed by atoms with Gasteiger partial charge in [-0.1, -0.05) is 63.2 Å². The number of amides is 1. The molecule has 26 heavy (non-hydrogen) atoms. The van der Waals surface area contributed by atoms with Crippen LogP contribution in [0.3, 0.4) is 0 Å². The van der Waals surface area contributed by atoms with Crippen molar-refractivity contribution in [2.75, 3.05) is 0 Å². The third-order valence-corrected chi connectivity index (χ3v) is 4.50. The van der Waals surface area contributed by atoms with E-state index in [1.54, 1.807) is 0 Å². The molecule has 0 bridgehead atoms. The van der Waals surface area contributed by atoms with E-state index in [4.69, 9.17) is 4.74 Å². The Hall–Kier alpha value is -2.29. The predicted octanol–water partition coefficient (Wildman–Crippen LogP) is 5.36. The average Bonchev–Trinajstić information content (AvgIpc) is 2.62. The van der Waals surface area contributed by atoms with E-state index in [0.717, 1.165) is 28.9 Å². The van der Waals surface area contributed by atoms with E-state index in [9.17, 15) is 4.79 Å². The molecule has 0 heterocycles. The first-order valence-corrected chi connectivity index (χ1v) is 9.50. The zero-order chi connectivity index (χ0) is 19.1. The van der Waals surface area contributed by atoms with Crippen molar-refractivity contribution in [1.82, 2.24) is 5.32 Å². The van der Waals surface area contributed by atoms with Crippen molar-refractivity contribution in [3.63, 3.8) is 0 Å². The summed E-state index contributed by atoms with van der Waals surface area (Å²) in [6.07, 6.45) is 1.03. The van der Waals surface area contributed by atoms with Gasteiger partial charge < -0.3 is 10.1 Å². The summed E-state index contributed by atoms with van der Waals surface area (Å²) in [6.45, 7) is 10.4. The Morgan fingerprint density at radius 2 is 1.77 bits per heavy atom. The Morgan fingerprint density at radius 3 is 2.38 bits per heavy atom. The molecule has 1 N–H and O–H groups in total. The highest BCUT2D eigenvalue weighted by Gasteiger charge is 2.23. The second-order valence-corrected chi connectivity index (χ2v) is 7.39. The molecule has 0 aliphatic carbocycles. The maximum Gasteiger partial charge on any atom is 0.261 e. The molecule has 1 amide bonds. The number of hydrogen-bond donors (Lipinski definition) is 1. The number of carbonyl (C=O) groups excluding carboxylic acids is 1. The SMILES string of the molecule is CC[C@H](Oc1cc(C)ccc1C)C(=O)N[C@@H](CC(C)C)c1ccccc1. The largest absolute Gasteiger partial charge is 0.480 e. The highest BCUT2D eigenvalue weighted by molar-refractivity contribution is 5.81. The van der Waals surface area contributed by atoms with E-state index in [2.05, 4.69) is 37.4 Å². The molecule has 3 nitrogen and oxygen atoms in total. The highest BCUT2D eigenvalue weighted by Crippen LogP contribution is 2.24. The van der Waals surface area contributed by atoms with Crippen LogP contribution in [0.5, 0.6) is 5.75 Å². The van der Waals surface area contributed by atoms with Gasteiger partial charge in [-0.15, -0.1) is 0 Å². The summed E-state index contributed by atoms with van der Waals surface area (Å²) >= 11 is 0. The molecule has 0 saturated heterocycles. The lowest BCUT2D eigenvalue weighted by Crippen LogP contribution is -2.40. The lowest BCUT2D eigenvalue weighted by molar-refractivity contribution is -0.129. The smallest absolute Gasteiger partial charge is 0.261 e. The minimum atomic E-state index is -0.492. The van der Waals surface area contributed by atoms with Gasteiger partial charge in [0.1, 0.15) is 5.75 Å². The van der Waals surface area contributed by atoms with Crippen molar-refractivity contribution in [1.29, 1.82) is 0 Å². The van der Waals surface area contributed by atoms with Crippen LogP contribution in [0.1, 0.15) is 56.3 Å². The molecule has 0 spiro atoms. The molecule has 0 aliphatic rings. The summed E-state index contributed by atoms with van der Waals surface area (Å²) in [5.41, 5.74) is 3.31. The van der Waals surface area contributed by atoms with Crippen molar-refractivity contribution in [2.45, 2.75) is 59.6 Å². The van der Waals surface area contributed by atoms with Crippen LogP contribution < -0.4 is 10.1 Å². The zero-order valence-electron chi connectivity index (χ0n) is 16.6. The second-order valence-electron chi connectivity index (χ2n) is 7.39. The van der Waals surface area contributed by atoms with E-state index >= 15 is 0 Å². The molecule has 0 aromatic heterocycles. The lowest BCUT2D eigenvalue weighted by atomic mass is 9.96. The van der Waals surface area contributed by atoms with Crippen molar-refractivity contribution in [3.05, 3.63) is 65.2 Å². The van der Waals surface area contributed by atoms with Gasteiger partial charge in [0.25, 0.3) is 5.91 Å². The molecule has 0 aliphatic heterocycles. The summed E-state index contributed by atoms with van der Waals surface area (Å²) in [7, 11) is 0. The van der Waals surface area contributed by atoms with Gasteiger partial charge in [-0.25, -0.2) is 0 Å². The number of nitrogens with one attached hydrogen (secondary N) is 1. The number of carbonyl (C=O) groups is 1. The van der Waals surface area contributed by atoms with Crippen LogP contribution in [-0.2, 0) is 4.79 Å². The van der Waals surface area contributed by atoms with Gasteiger partial charge in [0.2, 0.25) is 0 Å². The number of rotatable bonds is 8. The maximum atomic E-state index is 12.9. The number of ether oxygens (including phenoxy) is 1. The van der Waals surface area contributed by atoms with Crippen molar-refractivity contribution < 1.29 is 9.53 Å². The van der Waals surface area contributed by atoms with Crippen LogP contribution >= 0.6 is 0 Å². The van der Waals surface area contributed by atoms with Gasteiger partial charge in [0.15, 0.2) is 6.10 Å². The standard InChI is InChI=1S/C23H31NO2/c1-6-21(26-22-15-17(4)12-13-18(22)5)23(25)24-20(14-16(2)3)19-10-8-7-9-11-19/h7-13,15-16,20-21H,6,14H2,1-5H3,(H,24,25)/t20-,21-/m0/s1. The second kappa shape index (κ2) is 9.42. The normalized spacial score (nSPS) is 13.3. The molecular weight excluding hydrogens is 322 g/mol. The fourth-order valence-corrected chi connectivity index (χ4v) is 3.01. The summed E-state index contributed by atoms with van der Waals surface area (Å²) in [4.78, 5) is 12.9. The summed E-state index contributed by atoms with van der Waals surface area (Å²) in [5, 5.41) is 3.21. The molecular formula is C23H31NO2. The average molecular weight is 354 g/mol. The lowest BCUT2D eigenvalue weighted by Gasteiger charge is -2.25. The van der Waals surface area contributed by atoms with Gasteiger partial charge in [-0.3, -0.25) is 4.79 Å². The van der Waals surface area contributed by atoms with Crippen LogP contribution in [0.25, 0.3) is 0 Å². The van der Waals surface area contributed by atoms with E-state index < -0.39 is 6.10 Å². The quantitative estimate of drug-likeness (QED) is 0.693. The molecule has 2 rings (SSSR count). The van der Waals surface area contributed by atoms with Crippen LogP contribution in [0.2, 0.25) is 0 Å². The van der Waals surface area contributed by atoms with Crippen molar-refractivity contribution in [3.8, 4) is 5.75 Å². The molecule has 0 radical (unpaired) electrons. The van der Waals surface area contributed by atoms with Gasteiger partial charge in [0, 0.05) is 0 Å². The zero-order valence-corrected chi connectivity index (χ0v) is 16.6. The third-order valence-electron chi connectivity index (χ3n) is 4.50. The molecule has 2 atom stereocenters. The maximum absolute atomic E-state index is 12.9. The topological polar surface area (TPSA) is 38.3 Å². The molecule has 0 saturated carbocycles. The van der Waals surface area contributed by atoms with E-state index in [0.29, 0.717) is 12.3 Å². The molecule has 3 heteroatoms. The predicted molar refractivity (Wildman–Crippen MR) is 107 cm³/mol. The Bertz CT molecular complexity index is 709. The molecule has 140 valence electrons. The number of aryl methyl sites for hydroxylation is 2. The fraction of sp³-hybridized carbons (Fsp3) is 0.435. The van der Waals surface area contributed by atoms with Crippen LogP contribution in [0, 0.1) is 19.8 Å². The molecule has 0 fully saturated rings. The Labute approximate surface area is 157 Å². The van der Waals surface area contributed by atoms with E-state index in [-0.39, 0.29) is 11.9 Å². The van der Waals surface area contributed by atoms with E-state index in [1.807, 2.05) is 51.1 Å². The Kier molecular flexibility index (Phi) is 7.26. The third kappa shape index (κ3) is 5.62. The highest BCUT2D eigenvalue weighted by atomic mass is 16.5. The first kappa shape index (κ1) is 20.0. The number of benzene rings is 2. The summed E-state index contributed by atoms with van der Waals surface area (Å²) < 4.78 is 6.07. The summed E-state index contributed by atoms with van der Waals surface area (Å²) in [6, 6.07) is 16.2. The van der Waals surface area contributed by atoms with Crippen molar-refractivity contribution in [2.24, 2.45) is 5.92 Å². The first-order valence-electron chi connectivity index (χ1n) is 9.50. The van der Waals surface area contributed by atoms with Gasteiger partial charge >= 0.3 is 0 Å². The Morgan fingerprint density at radius 1 is 1.08 bits per heavy atom. The number of hydrogen-bond acceptors (Lipinski definition) is 2. The van der Waals surface area contributed by atoms with Gasteiger partial charge in [0.05, 0.1) is 6.04 Å². The summed E-state index contributed by atoms with van der Waals surface area (Å²) in [5.74, 6) is 1.22. The molecule has 0 unspecified atom stereocenters. The van der Waals surface area contributed by atoms with Crippen molar-refractivity contribution >= 4 is 5.91 Å². The molecule has 2 aromatic carbocycles. The van der Waals surface area contributed by atoms with Crippen LogP contribution in [0.4, 0.5) is 0 Å². The molecule has 2 aromatic rings. The minimum Gasteiger partial charge on any atom is -0.480 e. The minimum absolute atomic E-state index is 0.0000404. The van der Waals surface area contributed by atoms with Gasteiger partial charge in [-0.05, 0) is 55.4 Å². The monoisotopic (exact) mass is 353 g/mol. The van der Waals surface area contributed by atoms with E-state index in [1.165, 1.54) is 0 Å². The van der Waals surface area contributed by atoms with Crippen LogP contribution in [-0.4, -0.2) is 12.0 Å². The first-order chi connectivity index (χ1) is 12.4.